The Balaban J connectivity index is 2.31. The molecule has 0 amide bonds. The minimum atomic E-state index is -0.274. The molecule has 0 aliphatic carbocycles. The predicted octanol–water partition coefficient (Wildman–Crippen LogP) is 3.64. The van der Waals surface area contributed by atoms with Gasteiger partial charge in [0.05, 0.1) is 11.2 Å². The van der Waals surface area contributed by atoms with Crippen LogP contribution in [0, 0.1) is 6.92 Å². The van der Waals surface area contributed by atoms with E-state index in [1.54, 1.807) is 0 Å². The summed E-state index contributed by atoms with van der Waals surface area (Å²) in [5.41, 5.74) is 3.27. The zero-order chi connectivity index (χ0) is 15.0. The van der Waals surface area contributed by atoms with E-state index >= 15 is 0 Å². The molecular formula is C17H27BO2. The minimum Gasteiger partial charge on any atom is -0.399 e. The molecule has 1 aromatic rings. The third-order valence-electron chi connectivity index (χ3n) is 4.61. The van der Waals surface area contributed by atoms with Gasteiger partial charge in [0, 0.05) is 0 Å². The first-order valence-corrected chi connectivity index (χ1v) is 7.72. The molecule has 2 nitrogen and oxygen atoms in total. The van der Waals surface area contributed by atoms with Crippen molar-refractivity contribution in [1.29, 1.82) is 0 Å². The van der Waals surface area contributed by atoms with Crippen molar-refractivity contribution in [1.82, 2.24) is 0 Å². The van der Waals surface area contributed by atoms with Crippen LogP contribution in [0.5, 0.6) is 0 Å². The van der Waals surface area contributed by atoms with E-state index in [-0.39, 0.29) is 18.3 Å². The molecular weight excluding hydrogens is 247 g/mol. The summed E-state index contributed by atoms with van der Waals surface area (Å²) in [5, 5.41) is 0. The highest BCUT2D eigenvalue weighted by molar-refractivity contribution is 6.62. The molecule has 0 N–H and O–H groups in total. The summed E-state index contributed by atoms with van der Waals surface area (Å²) < 4.78 is 12.4. The summed E-state index contributed by atoms with van der Waals surface area (Å²) in [6.45, 7) is 12.8. The van der Waals surface area contributed by atoms with Crippen LogP contribution in [0.1, 0.15) is 58.6 Å². The third kappa shape index (κ3) is 2.94. The van der Waals surface area contributed by atoms with Gasteiger partial charge in [-0.2, -0.15) is 0 Å². The molecule has 0 atom stereocenters. The number of hydrogen-bond acceptors (Lipinski definition) is 2. The zero-order valence-electron chi connectivity index (χ0n) is 13.7. The van der Waals surface area contributed by atoms with Crippen molar-refractivity contribution in [2.75, 3.05) is 0 Å². The van der Waals surface area contributed by atoms with E-state index in [0.29, 0.717) is 0 Å². The highest BCUT2D eigenvalue weighted by Crippen LogP contribution is 2.36. The zero-order valence-corrected chi connectivity index (χ0v) is 13.7. The van der Waals surface area contributed by atoms with Gasteiger partial charge < -0.3 is 9.31 Å². The largest absolute Gasteiger partial charge is 0.495 e. The molecule has 0 unspecified atom stereocenters. The summed E-state index contributed by atoms with van der Waals surface area (Å²) in [5.74, 6) is 0. The van der Waals surface area contributed by atoms with E-state index in [0.717, 1.165) is 6.42 Å². The van der Waals surface area contributed by atoms with Crippen LogP contribution in [0.15, 0.2) is 18.2 Å². The number of hydrogen-bond donors (Lipinski definition) is 0. The van der Waals surface area contributed by atoms with E-state index in [4.69, 9.17) is 9.31 Å². The van der Waals surface area contributed by atoms with E-state index in [1.165, 1.54) is 29.4 Å². The lowest BCUT2D eigenvalue weighted by molar-refractivity contribution is 0.00578. The maximum absolute atomic E-state index is 6.20. The van der Waals surface area contributed by atoms with Gasteiger partial charge in [-0.05, 0) is 58.5 Å². The highest BCUT2D eigenvalue weighted by Gasteiger charge is 2.52. The first-order valence-electron chi connectivity index (χ1n) is 7.72. The van der Waals surface area contributed by atoms with Gasteiger partial charge in [0.25, 0.3) is 0 Å². The Hall–Kier alpha value is -0.795. The van der Waals surface area contributed by atoms with Crippen LogP contribution in [-0.4, -0.2) is 18.3 Å². The second-order valence-electron chi connectivity index (χ2n) is 6.89. The molecule has 3 heteroatoms. The molecule has 0 bridgehead atoms. The molecule has 1 aliphatic heterocycles. The van der Waals surface area contributed by atoms with Crippen molar-refractivity contribution >= 4 is 12.6 Å². The van der Waals surface area contributed by atoms with Crippen LogP contribution in [0.25, 0.3) is 0 Å². The van der Waals surface area contributed by atoms with Crippen LogP contribution in [0.4, 0.5) is 0 Å². The van der Waals surface area contributed by atoms with Gasteiger partial charge in [0.1, 0.15) is 0 Å². The Morgan fingerprint density at radius 1 is 1.05 bits per heavy atom. The fourth-order valence-corrected chi connectivity index (χ4v) is 2.50. The van der Waals surface area contributed by atoms with Crippen molar-refractivity contribution in [3.63, 3.8) is 0 Å². The molecule has 20 heavy (non-hydrogen) atoms. The van der Waals surface area contributed by atoms with E-state index in [9.17, 15) is 0 Å². The molecule has 1 saturated heterocycles. The Labute approximate surface area is 124 Å². The summed E-state index contributed by atoms with van der Waals surface area (Å²) in [4.78, 5) is 0. The number of benzene rings is 1. The average Bonchev–Trinajstić information content (AvgIpc) is 2.57. The summed E-state index contributed by atoms with van der Waals surface area (Å²) in [6, 6.07) is 6.62. The fourth-order valence-electron chi connectivity index (χ4n) is 2.50. The second kappa shape index (κ2) is 5.53. The lowest BCUT2D eigenvalue weighted by Crippen LogP contribution is -2.41. The number of unbranched alkanes of at least 4 members (excludes halogenated alkanes) is 1. The molecule has 1 fully saturated rings. The first-order chi connectivity index (χ1) is 9.27. The fraction of sp³-hybridized carbons (Fsp3) is 0.647. The van der Waals surface area contributed by atoms with Gasteiger partial charge >= 0.3 is 7.12 Å². The number of rotatable bonds is 4. The molecule has 0 spiro atoms. The minimum absolute atomic E-state index is 0.244. The maximum Gasteiger partial charge on any atom is 0.495 e. The summed E-state index contributed by atoms with van der Waals surface area (Å²) >= 11 is 0. The lowest BCUT2D eigenvalue weighted by Gasteiger charge is -2.32. The van der Waals surface area contributed by atoms with E-state index < -0.39 is 0 Å². The van der Waals surface area contributed by atoms with Crippen molar-refractivity contribution < 1.29 is 9.31 Å². The van der Waals surface area contributed by atoms with Crippen LogP contribution in [0.3, 0.4) is 0 Å². The average molecular weight is 274 g/mol. The van der Waals surface area contributed by atoms with E-state index in [2.05, 4.69) is 59.7 Å². The van der Waals surface area contributed by atoms with Crippen molar-refractivity contribution in [2.24, 2.45) is 0 Å². The Morgan fingerprint density at radius 2 is 1.65 bits per heavy atom. The molecule has 1 aliphatic rings. The SMILES string of the molecule is CCCCc1ccc(C)cc1B1OC(C)(C)C(C)(C)O1. The van der Waals surface area contributed by atoms with Crippen LogP contribution >= 0.6 is 0 Å². The molecule has 110 valence electrons. The Kier molecular flexibility index (Phi) is 4.31. The highest BCUT2D eigenvalue weighted by atomic mass is 16.7. The summed E-state index contributed by atoms with van der Waals surface area (Å²) in [7, 11) is -0.244. The molecule has 0 aromatic heterocycles. The third-order valence-corrected chi connectivity index (χ3v) is 4.61. The van der Waals surface area contributed by atoms with Gasteiger partial charge in [-0.3, -0.25) is 0 Å². The topological polar surface area (TPSA) is 18.5 Å². The van der Waals surface area contributed by atoms with Crippen LogP contribution in [-0.2, 0) is 15.7 Å². The number of aryl methyl sites for hydroxylation is 2. The molecule has 0 saturated carbocycles. The quantitative estimate of drug-likeness (QED) is 0.780. The lowest BCUT2D eigenvalue weighted by atomic mass is 9.74. The maximum atomic E-state index is 6.20. The Bertz CT molecular complexity index is 464. The Morgan fingerprint density at radius 3 is 2.20 bits per heavy atom. The van der Waals surface area contributed by atoms with Gasteiger partial charge in [-0.1, -0.05) is 37.1 Å². The van der Waals surface area contributed by atoms with Crippen LogP contribution < -0.4 is 5.46 Å². The van der Waals surface area contributed by atoms with Crippen molar-refractivity contribution in [2.45, 2.75) is 72.0 Å². The monoisotopic (exact) mass is 274 g/mol. The standard InChI is InChI=1S/C17H27BO2/c1-7-8-9-14-11-10-13(2)12-15(14)18-19-16(3,4)17(5,6)20-18/h10-12H,7-9H2,1-6H3. The first kappa shape index (κ1) is 15.6. The van der Waals surface area contributed by atoms with Gasteiger partial charge in [-0.15, -0.1) is 0 Å². The normalized spacial score (nSPS) is 20.4. The molecule has 1 aromatic carbocycles. The second-order valence-corrected chi connectivity index (χ2v) is 6.89. The van der Waals surface area contributed by atoms with Gasteiger partial charge in [-0.25, -0.2) is 0 Å². The van der Waals surface area contributed by atoms with E-state index in [1.807, 2.05) is 0 Å². The molecule has 0 radical (unpaired) electrons. The molecule has 1 heterocycles. The summed E-state index contributed by atoms with van der Waals surface area (Å²) in [6.07, 6.45) is 3.50. The smallest absolute Gasteiger partial charge is 0.399 e. The van der Waals surface area contributed by atoms with Gasteiger partial charge in [0.2, 0.25) is 0 Å². The van der Waals surface area contributed by atoms with Crippen molar-refractivity contribution in [3.05, 3.63) is 29.3 Å². The van der Waals surface area contributed by atoms with Crippen molar-refractivity contribution in [3.8, 4) is 0 Å². The molecule has 2 rings (SSSR count). The van der Waals surface area contributed by atoms with Crippen LogP contribution in [0.2, 0.25) is 0 Å². The van der Waals surface area contributed by atoms with Gasteiger partial charge in [0.15, 0.2) is 0 Å². The predicted molar refractivity (Wildman–Crippen MR) is 85.5 cm³/mol.